The van der Waals surface area contributed by atoms with E-state index in [4.69, 9.17) is 0 Å². The lowest BCUT2D eigenvalue weighted by Gasteiger charge is -2.40. The molecule has 3 heterocycles. The molecular weight excluding hydrogens is 324 g/mol. The number of hydrogen-bond acceptors (Lipinski definition) is 4. The molecule has 1 aromatic rings. The van der Waals surface area contributed by atoms with Crippen molar-refractivity contribution < 1.29 is 19.5 Å². The zero-order valence-electron chi connectivity index (χ0n) is 14.0. The van der Waals surface area contributed by atoms with E-state index in [9.17, 15) is 19.5 Å². The van der Waals surface area contributed by atoms with Crippen LogP contribution in [-0.2, 0) is 19.9 Å². The number of likely N-dealkylation sites (tertiary alicyclic amines) is 2. The third-order valence-electron chi connectivity index (χ3n) is 5.21. The van der Waals surface area contributed by atoms with Crippen molar-refractivity contribution in [3.8, 4) is 0 Å². The van der Waals surface area contributed by atoms with Gasteiger partial charge in [-0.3, -0.25) is 9.59 Å². The molecule has 8 heteroatoms. The van der Waals surface area contributed by atoms with Gasteiger partial charge in [0.05, 0.1) is 12.2 Å². The van der Waals surface area contributed by atoms with Crippen LogP contribution in [0.1, 0.15) is 19.3 Å². The highest BCUT2D eigenvalue weighted by Gasteiger charge is 2.45. The number of piperidine rings is 1. The Balaban J connectivity index is 1.66. The van der Waals surface area contributed by atoms with Crippen LogP contribution in [0, 0.1) is 5.92 Å². The molecule has 1 aromatic heterocycles. The van der Waals surface area contributed by atoms with E-state index in [2.05, 4.69) is 11.6 Å². The Labute approximate surface area is 145 Å². The molecule has 0 unspecified atom stereocenters. The second-order valence-electron chi connectivity index (χ2n) is 6.62. The topological polar surface area (TPSA) is 95.7 Å². The molecule has 2 fully saturated rings. The van der Waals surface area contributed by atoms with Gasteiger partial charge in [-0.25, -0.2) is 9.78 Å². The van der Waals surface area contributed by atoms with Crippen LogP contribution in [0.5, 0.6) is 0 Å². The van der Waals surface area contributed by atoms with Crippen LogP contribution < -0.4 is 0 Å². The lowest BCUT2D eigenvalue weighted by atomic mass is 9.86. The first-order chi connectivity index (χ1) is 12.0. The van der Waals surface area contributed by atoms with Gasteiger partial charge in [0, 0.05) is 45.0 Å². The van der Waals surface area contributed by atoms with E-state index in [-0.39, 0.29) is 24.2 Å². The summed E-state index contributed by atoms with van der Waals surface area (Å²) >= 11 is 0. The highest BCUT2D eigenvalue weighted by Crippen LogP contribution is 2.32. The van der Waals surface area contributed by atoms with Gasteiger partial charge in [-0.2, -0.15) is 0 Å². The first-order valence-electron chi connectivity index (χ1n) is 8.37. The number of rotatable bonds is 5. The quantitative estimate of drug-likeness (QED) is 0.775. The van der Waals surface area contributed by atoms with Crippen molar-refractivity contribution >= 4 is 17.8 Å². The fourth-order valence-corrected chi connectivity index (χ4v) is 3.72. The van der Waals surface area contributed by atoms with Crippen LogP contribution in [0.25, 0.3) is 0 Å². The molecule has 2 aliphatic rings. The molecule has 1 N–H and O–H groups in total. The van der Waals surface area contributed by atoms with Crippen molar-refractivity contribution in [2.75, 3.05) is 26.2 Å². The maximum absolute atomic E-state index is 12.7. The minimum atomic E-state index is -1.06. The molecule has 25 heavy (non-hydrogen) atoms. The van der Waals surface area contributed by atoms with E-state index in [0.717, 1.165) is 0 Å². The lowest BCUT2D eigenvalue weighted by Crippen LogP contribution is -2.53. The highest BCUT2D eigenvalue weighted by atomic mass is 16.4. The number of hydrogen-bond donors (Lipinski definition) is 1. The molecule has 3 rings (SSSR count). The van der Waals surface area contributed by atoms with Gasteiger partial charge in [0.15, 0.2) is 0 Å². The predicted molar refractivity (Wildman–Crippen MR) is 88.5 cm³/mol. The largest absolute Gasteiger partial charge is 0.479 e. The van der Waals surface area contributed by atoms with Gasteiger partial charge < -0.3 is 19.5 Å². The SMILES string of the molecule is C=CCN1C[C@H](C(=O)N2CCC(C(=O)O)(n3ccnc3)CC2)CC1=O. The molecule has 0 saturated carbocycles. The Bertz CT molecular complexity index is 677. The van der Waals surface area contributed by atoms with Gasteiger partial charge in [-0.05, 0) is 12.8 Å². The number of carbonyl (C=O) groups excluding carboxylic acids is 2. The van der Waals surface area contributed by atoms with Gasteiger partial charge in [0.1, 0.15) is 5.54 Å². The Kier molecular flexibility index (Phi) is 4.61. The third kappa shape index (κ3) is 3.04. The van der Waals surface area contributed by atoms with Crippen LogP contribution in [0.15, 0.2) is 31.4 Å². The van der Waals surface area contributed by atoms with E-state index in [1.165, 1.54) is 6.33 Å². The lowest BCUT2D eigenvalue weighted by molar-refractivity contribution is -0.153. The van der Waals surface area contributed by atoms with E-state index in [1.54, 1.807) is 32.8 Å². The summed E-state index contributed by atoms with van der Waals surface area (Å²) in [5.74, 6) is -1.36. The maximum atomic E-state index is 12.7. The van der Waals surface area contributed by atoms with Crippen LogP contribution in [-0.4, -0.2) is 68.4 Å². The monoisotopic (exact) mass is 346 g/mol. The molecular formula is C17H22N4O4. The van der Waals surface area contributed by atoms with Crippen LogP contribution >= 0.6 is 0 Å². The molecule has 0 bridgehead atoms. The smallest absolute Gasteiger partial charge is 0.330 e. The second-order valence-corrected chi connectivity index (χ2v) is 6.62. The van der Waals surface area contributed by atoms with Gasteiger partial charge in [0.25, 0.3) is 0 Å². The van der Waals surface area contributed by atoms with Crippen molar-refractivity contribution in [2.45, 2.75) is 24.8 Å². The van der Waals surface area contributed by atoms with Gasteiger partial charge in [-0.1, -0.05) is 6.08 Å². The standard InChI is InChI=1S/C17H22N4O4/c1-2-6-20-11-13(10-14(20)22)15(23)19-7-3-17(4-8-19,16(24)25)21-9-5-18-12-21/h2,5,9,12-13H,1,3-4,6-8,10-11H2,(H,24,25)/t13-/m1/s1. The molecule has 2 amide bonds. The van der Waals surface area contributed by atoms with Crippen LogP contribution in [0.3, 0.4) is 0 Å². The first kappa shape index (κ1) is 17.2. The molecule has 2 aliphatic heterocycles. The van der Waals surface area contributed by atoms with E-state index in [0.29, 0.717) is 39.0 Å². The fraction of sp³-hybridized carbons (Fsp3) is 0.529. The minimum Gasteiger partial charge on any atom is -0.479 e. The molecule has 0 spiro atoms. The van der Waals surface area contributed by atoms with Gasteiger partial charge >= 0.3 is 5.97 Å². The molecule has 8 nitrogen and oxygen atoms in total. The molecule has 0 radical (unpaired) electrons. The molecule has 134 valence electrons. The van der Waals surface area contributed by atoms with Crippen LogP contribution in [0.2, 0.25) is 0 Å². The van der Waals surface area contributed by atoms with Crippen molar-refractivity contribution in [1.29, 1.82) is 0 Å². The number of imidazole rings is 1. The highest BCUT2D eigenvalue weighted by molar-refractivity contribution is 5.89. The average molecular weight is 346 g/mol. The second kappa shape index (κ2) is 6.70. The predicted octanol–water partition coefficient (Wildman–Crippen LogP) is 0.320. The number of carboxylic acid groups (broad SMARTS) is 1. The summed E-state index contributed by atoms with van der Waals surface area (Å²) < 4.78 is 1.61. The molecule has 1 atom stereocenters. The van der Waals surface area contributed by atoms with Crippen molar-refractivity contribution in [1.82, 2.24) is 19.4 Å². The van der Waals surface area contributed by atoms with E-state index < -0.39 is 11.5 Å². The third-order valence-corrected chi connectivity index (χ3v) is 5.21. The first-order valence-corrected chi connectivity index (χ1v) is 8.37. The molecule has 0 aliphatic carbocycles. The fourth-order valence-electron chi connectivity index (χ4n) is 3.72. The number of aliphatic carboxylic acids is 1. The zero-order valence-corrected chi connectivity index (χ0v) is 14.0. The number of carboxylic acids is 1. The minimum absolute atomic E-state index is 0.0337. The summed E-state index contributed by atoms with van der Waals surface area (Å²) in [7, 11) is 0. The summed E-state index contributed by atoms with van der Waals surface area (Å²) in [6, 6.07) is 0. The summed E-state index contributed by atoms with van der Waals surface area (Å²) in [6.45, 7) is 5.19. The van der Waals surface area contributed by atoms with E-state index in [1.807, 2.05) is 0 Å². The summed E-state index contributed by atoms with van der Waals surface area (Å²) in [5.41, 5.74) is -1.06. The number of nitrogens with zero attached hydrogens (tertiary/aromatic N) is 4. The Morgan fingerprint density at radius 3 is 2.68 bits per heavy atom. The summed E-state index contributed by atoms with van der Waals surface area (Å²) in [5, 5.41) is 9.71. The summed E-state index contributed by atoms with van der Waals surface area (Å²) in [4.78, 5) is 43.8. The van der Waals surface area contributed by atoms with Gasteiger partial charge in [-0.15, -0.1) is 6.58 Å². The zero-order chi connectivity index (χ0) is 18.0. The number of carbonyl (C=O) groups is 3. The molecule has 0 aromatic carbocycles. The van der Waals surface area contributed by atoms with E-state index >= 15 is 0 Å². The van der Waals surface area contributed by atoms with Crippen LogP contribution in [0.4, 0.5) is 0 Å². The summed E-state index contributed by atoms with van der Waals surface area (Å²) in [6.07, 6.45) is 7.22. The van der Waals surface area contributed by atoms with Crippen molar-refractivity contribution in [3.63, 3.8) is 0 Å². The Morgan fingerprint density at radius 2 is 2.12 bits per heavy atom. The van der Waals surface area contributed by atoms with Gasteiger partial charge in [0.2, 0.25) is 11.8 Å². The van der Waals surface area contributed by atoms with Crippen molar-refractivity contribution in [3.05, 3.63) is 31.4 Å². The Hall–Kier alpha value is -2.64. The number of aromatic nitrogens is 2. The maximum Gasteiger partial charge on any atom is 0.330 e. The average Bonchev–Trinajstić information content (AvgIpc) is 3.25. The van der Waals surface area contributed by atoms with Crippen molar-refractivity contribution in [2.24, 2.45) is 5.92 Å². The normalized spacial score (nSPS) is 22.9. The number of amides is 2. The molecule has 2 saturated heterocycles. The Morgan fingerprint density at radius 1 is 1.40 bits per heavy atom.